The number of carboxylic acid groups (broad SMARTS) is 1. The summed E-state index contributed by atoms with van der Waals surface area (Å²) in [5.74, 6) is -2.01. The third-order valence-electron chi connectivity index (χ3n) is 5.29. The lowest BCUT2D eigenvalue weighted by Gasteiger charge is -2.42. The quantitative estimate of drug-likeness (QED) is 0.836. The molecular formula is C15H23NO4. The topological polar surface area (TPSA) is 66.8 Å². The second-order valence-electron chi connectivity index (χ2n) is 6.55. The molecule has 0 spiro atoms. The van der Waals surface area contributed by atoms with E-state index >= 15 is 0 Å². The summed E-state index contributed by atoms with van der Waals surface area (Å²) in [6, 6.07) is 0.416. The monoisotopic (exact) mass is 281 g/mol. The summed E-state index contributed by atoms with van der Waals surface area (Å²) in [7, 11) is 0. The highest BCUT2D eigenvalue weighted by Gasteiger charge is 2.57. The van der Waals surface area contributed by atoms with Crippen molar-refractivity contribution < 1.29 is 19.4 Å². The normalized spacial score (nSPS) is 43.8. The summed E-state index contributed by atoms with van der Waals surface area (Å²) in [5.41, 5.74) is 0. The molecule has 3 fully saturated rings. The van der Waals surface area contributed by atoms with Crippen molar-refractivity contribution in [1.82, 2.24) is 4.90 Å². The SMILES string of the molecule is CC1CCCC(C)N1C(=O)C1C2CCC(O2)C1C(=O)O. The van der Waals surface area contributed by atoms with E-state index in [9.17, 15) is 14.7 Å². The minimum absolute atomic E-state index is 0.00398. The number of hydrogen-bond acceptors (Lipinski definition) is 3. The fourth-order valence-corrected chi connectivity index (χ4v) is 4.33. The number of hydrogen-bond donors (Lipinski definition) is 1. The van der Waals surface area contributed by atoms with E-state index in [0.29, 0.717) is 0 Å². The maximum atomic E-state index is 12.9. The zero-order valence-electron chi connectivity index (χ0n) is 12.1. The Kier molecular flexibility index (Phi) is 3.48. The molecule has 0 aromatic rings. The largest absolute Gasteiger partial charge is 0.481 e. The first-order valence-corrected chi connectivity index (χ1v) is 7.71. The molecule has 0 aromatic heterocycles. The van der Waals surface area contributed by atoms with Crippen LogP contribution >= 0.6 is 0 Å². The molecule has 0 saturated carbocycles. The molecule has 1 N–H and O–H groups in total. The molecule has 5 heteroatoms. The average Bonchev–Trinajstić information content (AvgIpc) is 2.98. The first kappa shape index (κ1) is 13.9. The zero-order valence-corrected chi connectivity index (χ0v) is 12.1. The first-order valence-electron chi connectivity index (χ1n) is 7.71. The van der Waals surface area contributed by atoms with Gasteiger partial charge in [-0.2, -0.15) is 0 Å². The molecule has 3 aliphatic heterocycles. The van der Waals surface area contributed by atoms with Crippen LogP contribution in [0.1, 0.15) is 46.0 Å². The van der Waals surface area contributed by atoms with Gasteiger partial charge in [0, 0.05) is 12.1 Å². The number of carboxylic acids is 1. The summed E-state index contributed by atoms with van der Waals surface area (Å²) in [4.78, 5) is 26.3. The van der Waals surface area contributed by atoms with Crippen molar-refractivity contribution >= 4 is 11.9 Å². The van der Waals surface area contributed by atoms with Crippen LogP contribution in [0.25, 0.3) is 0 Å². The van der Waals surface area contributed by atoms with E-state index in [2.05, 4.69) is 13.8 Å². The molecule has 3 heterocycles. The summed E-state index contributed by atoms with van der Waals surface area (Å²) < 4.78 is 5.71. The molecule has 5 nitrogen and oxygen atoms in total. The molecule has 0 radical (unpaired) electrons. The van der Waals surface area contributed by atoms with E-state index in [1.807, 2.05) is 4.90 Å². The van der Waals surface area contributed by atoms with Crippen molar-refractivity contribution in [1.29, 1.82) is 0 Å². The Balaban J connectivity index is 1.83. The average molecular weight is 281 g/mol. The van der Waals surface area contributed by atoms with Crippen LogP contribution in [0.3, 0.4) is 0 Å². The number of piperidine rings is 1. The van der Waals surface area contributed by atoms with Gasteiger partial charge in [-0.15, -0.1) is 0 Å². The van der Waals surface area contributed by atoms with Gasteiger partial charge in [-0.3, -0.25) is 9.59 Å². The summed E-state index contributed by atoms with van der Waals surface area (Å²) in [5, 5.41) is 9.43. The Hall–Kier alpha value is -1.10. The van der Waals surface area contributed by atoms with Gasteiger partial charge in [-0.1, -0.05) is 0 Å². The zero-order chi connectivity index (χ0) is 14.4. The van der Waals surface area contributed by atoms with E-state index in [-0.39, 0.29) is 30.2 Å². The molecule has 6 atom stereocenters. The third-order valence-corrected chi connectivity index (χ3v) is 5.29. The number of nitrogens with zero attached hydrogens (tertiary/aromatic N) is 1. The van der Waals surface area contributed by atoms with E-state index in [4.69, 9.17) is 4.74 Å². The summed E-state index contributed by atoms with van der Waals surface area (Å²) in [6.07, 6.45) is 4.31. The first-order chi connectivity index (χ1) is 9.50. The lowest BCUT2D eigenvalue weighted by atomic mass is 9.77. The predicted octanol–water partition coefficient (Wildman–Crippen LogP) is 1.65. The van der Waals surface area contributed by atoms with Crippen LogP contribution in [0.2, 0.25) is 0 Å². The maximum absolute atomic E-state index is 12.9. The van der Waals surface area contributed by atoms with Crippen LogP contribution in [-0.2, 0) is 14.3 Å². The Morgan fingerprint density at radius 2 is 1.55 bits per heavy atom. The van der Waals surface area contributed by atoms with Crippen molar-refractivity contribution in [2.45, 2.75) is 70.2 Å². The molecule has 20 heavy (non-hydrogen) atoms. The molecule has 112 valence electrons. The van der Waals surface area contributed by atoms with Gasteiger partial charge in [-0.25, -0.2) is 0 Å². The summed E-state index contributed by atoms with van der Waals surface area (Å²) in [6.45, 7) is 4.13. The number of aliphatic carboxylic acids is 1. The molecule has 3 aliphatic rings. The van der Waals surface area contributed by atoms with E-state index < -0.39 is 17.8 Å². The molecule has 1 amide bonds. The smallest absolute Gasteiger partial charge is 0.310 e. The van der Waals surface area contributed by atoms with Gasteiger partial charge in [-0.05, 0) is 46.0 Å². The fourth-order valence-electron chi connectivity index (χ4n) is 4.33. The number of carbonyl (C=O) groups is 2. The van der Waals surface area contributed by atoms with E-state index in [1.165, 1.54) is 0 Å². The molecule has 3 rings (SSSR count). The lowest BCUT2D eigenvalue weighted by Crippen LogP contribution is -2.53. The van der Waals surface area contributed by atoms with Gasteiger partial charge in [0.2, 0.25) is 5.91 Å². The lowest BCUT2D eigenvalue weighted by molar-refractivity contribution is -0.153. The van der Waals surface area contributed by atoms with Gasteiger partial charge in [0.05, 0.1) is 24.0 Å². The second-order valence-corrected chi connectivity index (χ2v) is 6.55. The number of carbonyl (C=O) groups excluding carboxylic acids is 1. The van der Waals surface area contributed by atoms with Gasteiger partial charge in [0.1, 0.15) is 0 Å². The van der Waals surface area contributed by atoms with Crippen LogP contribution < -0.4 is 0 Å². The van der Waals surface area contributed by atoms with Gasteiger partial charge in [0.25, 0.3) is 0 Å². The van der Waals surface area contributed by atoms with Gasteiger partial charge in [0.15, 0.2) is 0 Å². The van der Waals surface area contributed by atoms with Crippen LogP contribution in [0.5, 0.6) is 0 Å². The van der Waals surface area contributed by atoms with Crippen LogP contribution in [-0.4, -0.2) is 46.2 Å². The molecule has 3 saturated heterocycles. The molecule has 2 bridgehead atoms. The van der Waals surface area contributed by atoms with Gasteiger partial charge >= 0.3 is 5.97 Å². The highest BCUT2D eigenvalue weighted by molar-refractivity contribution is 5.87. The number of fused-ring (bicyclic) bond motifs is 2. The van der Waals surface area contributed by atoms with Gasteiger partial charge < -0.3 is 14.7 Å². The standard InChI is InChI=1S/C15H23NO4/c1-8-4-3-5-9(2)16(8)14(17)12-10-6-7-11(20-10)13(12)15(18)19/h8-13H,3-7H2,1-2H3,(H,18,19). The van der Waals surface area contributed by atoms with Crippen LogP contribution in [0.15, 0.2) is 0 Å². The predicted molar refractivity (Wildman–Crippen MR) is 72.1 cm³/mol. The highest BCUT2D eigenvalue weighted by atomic mass is 16.5. The Bertz CT molecular complexity index is 414. The third kappa shape index (κ3) is 2.03. The number of amides is 1. The van der Waals surface area contributed by atoms with Crippen LogP contribution in [0.4, 0.5) is 0 Å². The van der Waals surface area contributed by atoms with Crippen molar-refractivity contribution in [3.05, 3.63) is 0 Å². The number of likely N-dealkylation sites (tertiary alicyclic amines) is 1. The number of ether oxygens (including phenoxy) is 1. The molecule has 6 unspecified atom stereocenters. The van der Waals surface area contributed by atoms with Crippen molar-refractivity contribution in [2.75, 3.05) is 0 Å². The van der Waals surface area contributed by atoms with Crippen molar-refractivity contribution in [3.8, 4) is 0 Å². The second kappa shape index (κ2) is 5.02. The van der Waals surface area contributed by atoms with Crippen molar-refractivity contribution in [2.24, 2.45) is 11.8 Å². The van der Waals surface area contributed by atoms with E-state index in [1.54, 1.807) is 0 Å². The molecule has 0 aromatic carbocycles. The Morgan fingerprint density at radius 3 is 2.10 bits per heavy atom. The Labute approximate surface area is 119 Å². The van der Waals surface area contributed by atoms with E-state index in [0.717, 1.165) is 32.1 Å². The minimum atomic E-state index is -0.882. The number of rotatable bonds is 2. The molecule has 0 aliphatic carbocycles. The minimum Gasteiger partial charge on any atom is -0.481 e. The Morgan fingerprint density at radius 1 is 1.00 bits per heavy atom. The highest BCUT2D eigenvalue weighted by Crippen LogP contribution is 2.45. The summed E-state index contributed by atoms with van der Waals surface area (Å²) >= 11 is 0. The van der Waals surface area contributed by atoms with Crippen molar-refractivity contribution in [3.63, 3.8) is 0 Å². The fraction of sp³-hybridized carbons (Fsp3) is 0.867. The maximum Gasteiger partial charge on any atom is 0.310 e. The molecular weight excluding hydrogens is 258 g/mol. The van der Waals surface area contributed by atoms with Crippen LogP contribution in [0, 0.1) is 11.8 Å².